The first-order valence-corrected chi connectivity index (χ1v) is 11.4. The summed E-state index contributed by atoms with van der Waals surface area (Å²) in [6.07, 6.45) is 8.20. The summed E-state index contributed by atoms with van der Waals surface area (Å²) in [6, 6.07) is 20.2. The van der Waals surface area contributed by atoms with E-state index < -0.39 is 0 Å². The lowest BCUT2D eigenvalue weighted by Gasteiger charge is -2.43. The highest BCUT2D eigenvalue weighted by atomic mass is 16.5. The Bertz CT molecular complexity index is 1230. The van der Waals surface area contributed by atoms with Crippen LogP contribution in [0.4, 0.5) is 5.69 Å². The molecule has 4 aromatic rings. The summed E-state index contributed by atoms with van der Waals surface area (Å²) in [6.45, 7) is 3.91. The highest BCUT2D eigenvalue weighted by Gasteiger charge is 2.40. The van der Waals surface area contributed by atoms with E-state index in [-0.39, 0.29) is 5.41 Å². The molecule has 160 valence electrons. The van der Waals surface area contributed by atoms with Gasteiger partial charge in [0.15, 0.2) is 11.5 Å². The van der Waals surface area contributed by atoms with Crippen molar-refractivity contribution in [3.63, 3.8) is 0 Å². The number of anilines is 1. The summed E-state index contributed by atoms with van der Waals surface area (Å²) in [5, 5.41) is 3.97. The number of rotatable bonds is 4. The molecule has 1 aliphatic carbocycles. The number of benzene rings is 2. The Morgan fingerprint density at radius 1 is 0.938 bits per heavy atom. The van der Waals surface area contributed by atoms with Crippen LogP contribution in [0.15, 0.2) is 71.6 Å². The quantitative estimate of drug-likeness (QED) is 0.436. The van der Waals surface area contributed by atoms with E-state index in [1.54, 1.807) is 12.3 Å². The van der Waals surface area contributed by atoms with Crippen molar-refractivity contribution in [3.8, 4) is 11.5 Å². The monoisotopic (exact) mass is 422 g/mol. The fourth-order valence-electron chi connectivity index (χ4n) is 5.11. The molecule has 0 amide bonds. The van der Waals surface area contributed by atoms with E-state index in [0.29, 0.717) is 11.5 Å². The molecule has 0 bridgehead atoms. The zero-order valence-corrected chi connectivity index (χ0v) is 18.3. The van der Waals surface area contributed by atoms with E-state index in [1.807, 2.05) is 6.20 Å². The number of aryl methyl sites for hydroxylation is 1. The first-order valence-electron chi connectivity index (χ1n) is 11.4. The molecule has 5 nitrogen and oxygen atoms in total. The molecule has 2 aliphatic rings. The molecular formula is C27H26N4O. The highest BCUT2D eigenvalue weighted by Crippen LogP contribution is 2.49. The van der Waals surface area contributed by atoms with E-state index >= 15 is 0 Å². The molecule has 1 aliphatic heterocycles. The van der Waals surface area contributed by atoms with Crippen LogP contribution in [0.2, 0.25) is 0 Å². The van der Waals surface area contributed by atoms with Crippen LogP contribution in [-0.4, -0.2) is 21.7 Å². The normalized spacial score (nSPS) is 17.0. The van der Waals surface area contributed by atoms with Gasteiger partial charge in [-0.05, 0) is 55.0 Å². The van der Waals surface area contributed by atoms with Gasteiger partial charge >= 0.3 is 0 Å². The lowest BCUT2D eigenvalue weighted by molar-refractivity contribution is 0.301. The largest absolute Gasteiger partial charge is 0.365 e. The van der Waals surface area contributed by atoms with Gasteiger partial charge in [-0.15, -0.1) is 0 Å². The van der Waals surface area contributed by atoms with Gasteiger partial charge in [0.05, 0.1) is 12.2 Å². The summed E-state index contributed by atoms with van der Waals surface area (Å²) >= 11 is 0. The number of nitrogens with zero attached hydrogens (tertiary/aromatic N) is 4. The van der Waals surface area contributed by atoms with Gasteiger partial charge in [0, 0.05) is 29.9 Å². The maximum atomic E-state index is 4.95. The van der Waals surface area contributed by atoms with Gasteiger partial charge < -0.3 is 9.42 Å². The first-order chi connectivity index (χ1) is 15.7. The molecule has 0 radical (unpaired) electrons. The minimum absolute atomic E-state index is 0.181. The first kappa shape index (κ1) is 19.2. The minimum atomic E-state index is 0.181. The van der Waals surface area contributed by atoms with Crippen LogP contribution in [0.25, 0.3) is 11.5 Å². The van der Waals surface area contributed by atoms with Crippen LogP contribution in [-0.2, 0) is 18.4 Å². The second-order valence-electron chi connectivity index (χ2n) is 9.07. The van der Waals surface area contributed by atoms with E-state index in [0.717, 1.165) is 25.2 Å². The molecule has 5 heteroatoms. The molecule has 6 rings (SSSR count). The van der Waals surface area contributed by atoms with Crippen LogP contribution >= 0.6 is 0 Å². The molecule has 2 aromatic heterocycles. The Balaban J connectivity index is 1.25. The lowest BCUT2D eigenvalue weighted by Crippen LogP contribution is -2.35. The summed E-state index contributed by atoms with van der Waals surface area (Å²) < 4.78 is 4.95. The summed E-state index contributed by atoms with van der Waals surface area (Å²) in [7, 11) is 0. The Hall–Kier alpha value is -3.47. The predicted molar refractivity (Wildman–Crippen MR) is 125 cm³/mol. The van der Waals surface area contributed by atoms with Crippen molar-refractivity contribution in [2.24, 2.45) is 0 Å². The molecule has 0 atom stereocenters. The molecule has 2 aromatic carbocycles. The Kier molecular flexibility index (Phi) is 4.56. The number of fused-ring (bicyclic) bond motifs is 1. The van der Waals surface area contributed by atoms with Crippen LogP contribution in [0.1, 0.15) is 47.2 Å². The average Bonchev–Trinajstić information content (AvgIpc) is 3.34. The smallest absolute Gasteiger partial charge is 0.182 e. The molecule has 3 heterocycles. The van der Waals surface area contributed by atoms with Crippen molar-refractivity contribution in [2.45, 2.75) is 44.6 Å². The van der Waals surface area contributed by atoms with Crippen molar-refractivity contribution < 1.29 is 4.52 Å². The molecule has 1 saturated carbocycles. The number of hydrogen-bond acceptors (Lipinski definition) is 5. The molecule has 0 spiro atoms. The molecule has 0 N–H and O–H groups in total. The maximum absolute atomic E-state index is 4.95. The Morgan fingerprint density at radius 3 is 2.34 bits per heavy atom. The third kappa shape index (κ3) is 3.20. The molecular weight excluding hydrogens is 396 g/mol. The zero-order valence-electron chi connectivity index (χ0n) is 18.3. The zero-order chi connectivity index (χ0) is 21.5. The molecule has 1 fully saturated rings. The van der Waals surface area contributed by atoms with Crippen molar-refractivity contribution in [1.82, 2.24) is 15.1 Å². The Morgan fingerprint density at radius 2 is 1.69 bits per heavy atom. The van der Waals surface area contributed by atoms with E-state index in [4.69, 9.17) is 9.51 Å². The van der Waals surface area contributed by atoms with Gasteiger partial charge in [-0.2, -0.15) is 0 Å². The van der Waals surface area contributed by atoms with Crippen LogP contribution in [0.3, 0.4) is 0 Å². The number of hydrogen-bond donors (Lipinski definition) is 0. The van der Waals surface area contributed by atoms with Gasteiger partial charge in [-0.1, -0.05) is 53.5 Å². The molecule has 0 saturated heterocycles. The van der Waals surface area contributed by atoms with E-state index in [2.05, 4.69) is 70.5 Å². The van der Waals surface area contributed by atoms with Crippen molar-refractivity contribution in [3.05, 3.63) is 95.0 Å². The van der Waals surface area contributed by atoms with Crippen LogP contribution < -0.4 is 4.90 Å². The van der Waals surface area contributed by atoms with Crippen molar-refractivity contribution in [1.29, 1.82) is 0 Å². The summed E-state index contributed by atoms with van der Waals surface area (Å²) in [5.41, 5.74) is 8.60. The fourth-order valence-corrected chi connectivity index (χ4v) is 5.11. The van der Waals surface area contributed by atoms with E-state index in [9.17, 15) is 0 Å². The van der Waals surface area contributed by atoms with Gasteiger partial charge in [0.1, 0.15) is 6.26 Å². The minimum Gasteiger partial charge on any atom is -0.365 e. The SMILES string of the molecule is Cc1ccc(C2(c3ccc(N4CCc5cnc(-c6ccon6)nc5C4)cc3)CCC2)cc1. The predicted octanol–water partition coefficient (Wildman–Crippen LogP) is 5.47. The van der Waals surface area contributed by atoms with Gasteiger partial charge in [-0.25, -0.2) is 9.97 Å². The second-order valence-corrected chi connectivity index (χ2v) is 9.07. The third-order valence-corrected chi connectivity index (χ3v) is 7.21. The van der Waals surface area contributed by atoms with Crippen molar-refractivity contribution in [2.75, 3.05) is 11.4 Å². The molecule has 0 unspecified atom stereocenters. The average molecular weight is 423 g/mol. The van der Waals surface area contributed by atoms with E-state index in [1.165, 1.54) is 47.2 Å². The highest BCUT2D eigenvalue weighted by molar-refractivity contribution is 5.54. The maximum Gasteiger partial charge on any atom is 0.182 e. The lowest BCUT2D eigenvalue weighted by atomic mass is 9.60. The van der Waals surface area contributed by atoms with Gasteiger partial charge in [-0.3, -0.25) is 0 Å². The summed E-state index contributed by atoms with van der Waals surface area (Å²) in [5.74, 6) is 0.625. The van der Waals surface area contributed by atoms with Crippen LogP contribution in [0.5, 0.6) is 0 Å². The van der Waals surface area contributed by atoms with Gasteiger partial charge in [0.25, 0.3) is 0 Å². The third-order valence-electron chi connectivity index (χ3n) is 7.21. The number of aromatic nitrogens is 3. The fraction of sp³-hybridized carbons (Fsp3) is 0.296. The van der Waals surface area contributed by atoms with Crippen LogP contribution in [0, 0.1) is 6.92 Å². The summed E-state index contributed by atoms with van der Waals surface area (Å²) in [4.78, 5) is 11.7. The Labute approximate surface area is 188 Å². The van der Waals surface area contributed by atoms with Crippen molar-refractivity contribution >= 4 is 5.69 Å². The topological polar surface area (TPSA) is 55.1 Å². The van der Waals surface area contributed by atoms with Gasteiger partial charge in [0.2, 0.25) is 0 Å². The molecule has 32 heavy (non-hydrogen) atoms. The second kappa shape index (κ2) is 7.59. The standard InChI is InChI=1S/C27H26N4O/c1-19-3-5-21(6-4-19)27(13-2-14-27)22-7-9-23(10-8-22)31-15-11-20-17-28-26(29-25(20)18-31)24-12-16-32-30-24/h3-10,12,16-17H,2,11,13-15,18H2,1H3.